The van der Waals surface area contributed by atoms with Gasteiger partial charge in [0.25, 0.3) is 11.8 Å². The molecule has 0 atom stereocenters. The second-order valence-corrected chi connectivity index (χ2v) is 11.8. The number of nitrogens with one attached hydrogen (secondary N) is 3. The quantitative estimate of drug-likeness (QED) is 0.251. The van der Waals surface area contributed by atoms with Crippen LogP contribution in [0.15, 0.2) is 30.5 Å². The van der Waals surface area contributed by atoms with Crippen LogP contribution < -0.4 is 20.7 Å². The Kier molecular flexibility index (Phi) is 9.64. The van der Waals surface area contributed by atoms with Crippen LogP contribution in [0.5, 0.6) is 5.75 Å². The number of amides is 3. The number of methoxy groups -OCH3 is 2. The summed E-state index contributed by atoms with van der Waals surface area (Å²) in [6, 6.07) is 6.89. The first-order valence-corrected chi connectivity index (χ1v) is 15.6. The van der Waals surface area contributed by atoms with E-state index in [0.717, 1.165) is 39.0 Å². The van der Waals surface area contributed by atoms with E-state index >= 15 is 0 Å². The Morgan fingerprint density at radius 1 is 1.09 bits per heavy atom. The lowest BCUT2D eigenvalue weighted by atomic mass is 10.0. The summed E-state index contributed by atoms with van der Waals surface area (Å²) in [5.74, 6) is -0.844. The molecule has 5 rings (SSSR count). The summed E-state index contributed by atoms with van der Waals surface area (Å²) >= 11 is 1.24. The molecule has 0 saturated carbocycles. The molecule has 0 aliphatic carbocycles. The van der Waals surface area contributed by atoms with Crippen molar-refractivity contribution in [2.75, 3.05) is 84.2 Å². The monoisotopic (exact) mass is 656 g/mol. The normalized spacial score (nSPS) is 17.4. The minimum absolute atomic E-state index is 0.0176. The van der Waals surface area contributed by atoms with Crippen LogP contribution in [-0.2, 0) is 4.74 Å². The number of benzene rings is 1. The Morgan fingerprint density at radius 2 is 1.87 bits per heavy atom. The highest BCUT2D eigenvalue weighted by atomic mass is 32.1. The van der Waals surface area contributed by atoms with Gasteiger partial charge < -0.3 is 30.1 Å². The van der Waals surface area contributed by atoms with Gasteiger partial charge in [0.1, 0.15) is 9.88 Å². The van der Waals surface area contributed by atoms with E-state index in [-0.39, 0.29) is 29.7 Å². The first-order chi connectivity index (χ1) is 23.5. The second kappa shape index (κ2) is 15.3. The van der Waals surface area contributed by atoms with E-state index in [0.29, 0.717) is 52.6 Å². The number of hydrogen-bond acceptors (Lipinski definition) is 13. The molecule has 0 radical (unpaired) electrons. The number of piperidine rings is 1. The van der Waals surface area contributed by atoms with Gasteiger partial charge in [-0.05, 0) is 25.0 Å². The molecule has 16 heteroatoms. The van der Waals surface area contributed by atoms with Crippen LogP contribution in [0.25, 0.3) is 10.6 Å². The fraction of sp³-hybridized carbons (Fsp3) is 0.467. The predicted molar refractivity (Wildman–Crippen MR) is 173 cm³/mol. The van der Waals surface area contributed by atoms with E-state index < -0.39 is 19.0 Å². The van der Waals surface area contributed by atoms with Crippen LogP contribution in [0.1, 0.15) is 37.1 Å². The fourth-order valence-electron chi connectivity index (χ4n) is 5.68. The van der Waals surface area contributed by atoms with E-state index in [4.69, 9.17) is 8.85 Å². The van der Waals surface area contributed by atoms with Gasteiger partial charge in [-0.1, -0.05) is 6.07 Å². The van der Waals surface area contributed by atoms with Crippen LogP contribution in [0, 0.1) is 0 Å². The highest BCUT2D eigenvalue weighted by molar-refractivity contribution is 7.17. The molecular weight excluding hydrogens is 614 g/mol. The van der Waals surface area contributed by atoms with Crippen LogP contribution >= 0.6 is 11.3 Å². The van der Waals surface area contributed by atoms with Gasteiger partial charge in [-0.25, -0.2) is 9.78 Å². The van der Waals surface area contributed by atoms with Gasteiger partial charge in [0.15, 0.2) is 17.3 Å². The number of carbonyl (C=O) groups is 3. The third-order valence-electron chi connectivity index (χ3n) is 8.06. The van der Waals surface area contributed by atoms with Crippen molar-refractivity contribution < 1.29 is 33.1 Å². The van der Waals surface area contributed by atoms with E-state index in [1.54, 1.807) is 24.4 Å². The van der Waals surface area contributed by atoms with Crippen LogP contribution in [0.3, 0.4) is 0 Å². The zero-order chi connectivity index (χ0) is 35.1. The molecule has 15 nitrogen and oxygen atoms in total. The second-order valence-electron chi connectivity index (χ2n) is 10.7. The smallest absolute Gasteiger partial charge is 0.412 e. The van der Waals surface area contributed by atoms with Gasteiger partial charge in [0.05, 0.1) is 44.0 Å². The molecule has 0 spiro atoms. The third-order valence-corrected chi connectivity index (χ3v) is 9.08. The summed E-state index contributed by atoms with van der Waals surface area (Å²) in [6.45, 7) is 3.21. The van der Waals surface area contributed by atoms with E-state index in [1.165, 1.54) is 31.6 Å². The summed E-state index contributed by atoms with van der Waals surface area (Å²) in [5.41, 5.74) is 0.596. The number of β-amino-alcohol motifs (C(OH)–C–C–N with tert-alkyl or cyclic N) is 1. The zero-order valence-corrected chi connectivity index (χ0v) is 26.4. The lowest BCUT2D eigenvalue weighted by molar-refractivity contribution is 0.0453. The van der Waals surface area contributed by atoms with E-state index in [9.17, 15) is 19.5 Å². The van der Waals surface area contributed by atoms with E-state index in [1.807, 2.05) is 10.2 Å². The Bertz CT molecular complexity index is 1640. The molecule has 0 bridgehead atoms. The lowest BCUT2D eigenvalue weighted by Crippen LogP contribution is -2.54. The summed E-state index contributed by atoms with van der Waals surface area (Å²) in [4.78, 5) is 49.8. The number of piperazine rings is 1. The Labute approximate surface area is 275 Å². The summed E-state index contributed by atoms with van der Waals surface area (Å²) in [7, 11) is 2.62. The van der Waals surface area contributed by atoms with Gasteiger partial charge in [0.2, 0.25) is 0 Å². The first kappa shape index (κ1) is 29.1. The maximum absolute atomic E-state index is 13.5. The Morgan fingerprint density at radius 3 is 2.57 bits per heavy atom. The van der Waals surface area contributed by atoms with Gasteiger partial charge in [-0.3, -0.25) is 24.7 Å². The van der Waals surface area contributed by atoms with Crippen molar-refractivity contribution >= 4 is 46.4 Å². The molecule has 246 valence electrons. The minimum Gasteiger partial charge on any atom is -0.494 e. The van der Waals surface area contributed by atoms with Crippen LogP contribution in [0.4, 0.5) is 22.0 Å². The molecule has 3 aromatic rings. The number of aliphatic hydroxyl groups excluding tert-OH is 1. The molecule has 2 saturated heterocycles. The standard InChI is InChI=1S/C30H39N9O6S/c1-31-27(41)25-22(17-24(35-36-25)34-30(43)45-3)33-21-6-4-5-20(26(21)44-2)28-32-18-23(46-28)29(42)39-9-7-19(8-10-39)38-13-11-37(12-14-38)15-16-40/h4-6,17-19,40H,7-16H2,1-3H3,(H,31,41)(H2,33,34,35,43)/i1D3. The molecule has 4 N–H and O–H groups in total. The number of aliphatic hydroxyl groups is 1. The van der Waals surface area contributed by atoms with Crippen molar-refractivity contribution in [2.45, 2.75) is 18.9 Å². The van der Waals surface area contributed by atoms with Gasteiger partial charge in [-0.2, -0.15) is 0 Å². The maximum atomic E-state index is 13.5. The number of likely N-dealkylation sites (tertiary alicyclic amines) is 1. The molecule has 1 aromatic carbocycles. The number of carbonyl (C=O) groups excluding carboxylic acids is 3. The molecule has 4 heterocycles. The highest BCUT2D eigenvalue weighted by Gasteiger charge is 2.30. The predicted octanol–water partition coefficient (Wildman–Crippen LogP) is 2.10. The number of rotatable bonds is 10. The van der Waals surface area contributed by atoms with Crippen molar-refractivity contribution in [1.29, 1.82) is 0 Å². The number of anilines is 3. The topological polar surface area (TPSA) is 174 Å². The van der Waals surface area contributed by atoms with Crippen molar-refractivity contribution in [3.63, 3.8) is 0 Å². The molecule has 2 aliphatic rings. The highest BCUT2D eigenvalue weighted by Crippen LogP contribution is 2.40. The first-order valence-electron chi connectivity index (χ1n) is 16.3. The molecule has 46 heavy (non-hydrogen) atoms. The molecular formula is C30H39N9O6S. The van der Waals surface area contributed by atoms with Gasteiger partial charge in [0, 0.05) is 69.0 Å². The van der Waals surface area contributed by atoms with E-state index in [2.05, 4.69) is 40.4 Å². The molecule has 0 unspecified atom stereocenters. The largest absolute Gasteiger partial charge is 0.494 e. The van der Waals surface area contributed by atoms with Crippen LogP contribution in [0.2, 0.25) is 0 Å². The van der Waals surface area contributed by atoms with Crippen molar-refractivity contribution in [1.82, 2.24) is 35.2 Å². The minimum atomic E-state index is -2.79. The average molecular weight is 657 g/mol. The number of aromatic nitrogens is 3. The molecule has 2 fully saturated rings. The summed E-state index contributed by atoms with van der Waals surface area (Å²) in [6.07, 6.45) is 2.52. The Balaban J connectivity index is 1.31. The Hall–Kier alpha value is -4.38. The number of hydrogen-bond donors (Lipinski definition) is 4. The summed E-state index contributed by atoms with van der Waals surface area (Å²) in [5, 5.41) is 24.6. The molecule has 2 aromatic heterocycles. The number of thiazole rings is 1. The van der Waals surface area contributed by atoms with Gasteiger partial charge >= 0.3 is 6.09 Å². The summed E-state index contributed by atoms with van der Waals surface area (Å²) < 4.78 is 32.6. The average Bonchev–Trinajstić information content (AvgIpc) is 3.58. The van der Waals surface area contributed by atoms with Crippen LogP contribution in [-0.4, -0.2) is 133 Å². The maximum Gasteiger partial charge on any atom is 0.412 e. The molecule has 2 aliphatic heterocycles. The SMILES string of the molecule is [2H]C([2H])([2H])NC(=O)c1nnc(NC(=O)OC)cc1Nc1cccc(-c2ncc(C(=O)N3CCC(N4CCN(CCO)CC4)CC3)s2)c1OC. The molecule has 3 amide bonds. The van der Waals surface area contributed by atoms with Gasteiger partial charge in [-0.15, -0.1) is 21.5 Å². The number of ether oxygens (including phenoxy) is 2. The third kappa shape index (κ3) is 7.52. The lowest BCUT2D eigenvalue weighted by Gasteiger charge is -2.42. The zero-order valence-electron chi connectivity index (χ0n) is 28.6. The van der Waals surface area contributed by atoms with Crippen molar-refractivity contribution in [3.8, 4) is 16.3 Å². The fourth-order valence-corrected chi connectivity index (χ4v) is 6.59. The van der Waals surface area contributed by atoms with Crippen molar-refractivity contribution in [3.05, 3.63) is 41.0 Å². The number of para-hydroxylation sites is 1. The van der Waals surface area contributed by atoms with Crippen molar-refractivity contribution in [2.24, 2.45) is 0 Å². The number of nitrogens with zero attached hydrogens (tertiary/aromatic N) is 6.